The summed E-state index contributed by atoms with van der Waals surface area (Å²) in [5.74, 6) is -4.49. The first-order valence-electron chi connectivity index (χ1n) is 18.4. The van der Waals surface area contributed by atoms with Crippen molar-refractivity contribution in [3.05, 3.63) is 69.6 Å². The second-order valence-electron chi connectivity index (χ2n) is 13.7. The van der Waals surface area contributed by atoms with E-state index < -0.39 is 70.2 Å². The minimum atomic E-state index is -3.72. The zero-order chi connectivity index (χ0) is 42.4. The number of carbonyl (C=O) groups excluding carboxylic acids is 6. The summed E-state index contributed by atoms with van der Waals surface area (Å²) < 4.78 is 47.7. The fourth-order valence-corrected chi connectivity index (χ4v) is 8.39. The number of carbonyl (C=O) groups is 6. The molecule has 0 bridgehead atoms. The summed E-state index contributed by atoms with van der Waals surface area (Å²) in [6.07, 6.45) is 0.575. The highest BCUT2D eigenvalue weighted by Gasteiger charge is 2.46. The average Bonchev–Trinajstić information content (AvgIpc) is 3.44. The van der Waals surface area contributed by atoms with Gasteiger partial charge in [0.05, 0.1) is 26.9 Å². The van der Waals surface area contributed by atoms with E-state index >= 15 is 0 Å². The van der Waals surface area contributed by atoms with Crippen LogP contribution in [-0.2, 0) is 29.2 Å². The molecule has 0 radical (unpaired) electrons. The van der Waals surface area contributed by atoms with Crippen molar-refractivity contribution >= 4 is 78.8 Å². The van der Waals surface area contributed by atoms with Gasteiger partial charge in [0.15, 0.2) is 6.61 Å². The van der Waals surface area contributed by atoms with Crippen molar-refractivity contribution in [1.82, 2.24) is 35.1 Å². The van der Waals surface area contributed by atoms with Crippen molar-refractivity contribution in [2.24, 2.45) is 5.73 Å². The van der Waals surface area contributed by atoms with E-state index in [0.29, 0.717) is 17.3 Å². The van der Waals surface area contributed by atoms with Crippen LogP contribution in [0, 0.1) is 5.82 Å². The summed E-state index contributed by atoms with van der Waals surface area (Å²) in [7, 11) is -3.72. The summed E-state index contributed by atoms with van der Waals surface area (Å²) in [6, 6.07) is 7.07. The lowest BCUT2D eigenvalue weighted by Crippen LogP contribution is -2.54. The minimum absolute atomic E-state index is 0.0108. The maximum Gasteiger partial charge on any atom is 0.266 e. The number of rotatable bonds is 16. The van der Waals surface area contributed by atoms with E-state index in [4.69, 9.17) is 10.5 Å². The molecule has 20 nitrogen and oxygen atoms in total. The lowest BCUT2D eigenvalue weighted by atomic mass is 10.0. The summed E-state index contributed by atoms with van der Waals surface area (Å²) in [4.78, 5) is 84.4. The first kappa shape index (κ1) is 43.0. The van der Waals surface area contributed by atoms with Gasteiger partial charge < -0.3 is 36.8 Å². The monoisotopic (exact) mass is 902 g/mol. The number of ether oxygens (including phenoxy) is 1. The molecule has 2 fully saturated rings. The zero-order valence-electron chi connectivity index (χ0n) is 31.2. The highest BCUT2D eigenvalue weighted by atomic mass is 79.9. The number of hydrogen-bond acceptors (Lipinski definition) is 15. The molecule has 0 spiro atoms. The number of sulfonamides is 1. The molecule has 59 heavy (non-hydrogen) atoms. The quantitative estimate of drug-likeness (QED) is 0.0756. The van der Waals surface area contributed by atoms with Gasteiger partial charge in [-0.05, 0) is 59.5 Å². The van der Waals surface area contributed by atoms with Gasteiger partial charge in [0.25, 0.3) is 17.7 Å². The van der Waals surface area contributed by atoms with E-state index in [2.05, 4.69) is 52.5 Å². The molecule has 8 N–H and O–H groups in total. The Morgan fingerprint density at radius 2 is 1.76 bits per heavy atom. The molecule has 0 saturated carbocycles. The summed E-state index contributed by atoms with van der Waals surface area (Å²) in [5, 5.41) is 23.1. The Labute approximate surface area is 345 Å². The number of anilines is 3. The molecule has 1 aromatic heterocycles. The predicted octanol–water partition coefficient (Wildman–Crippen LogP) is 0.380. The van der Waals surface area contributed by atoms with Crippen LogP contribution in [-0.4, -0.2) is 119 Å². The molecule has 2 atom stereocenters. The zero-order valence-corrected chi connectivity index (χ0v) is 33.6. The number of fused-ring (bicyclic) bond motifs is 1. The van der Waals surface area contributed by atoms with Crippen molar-refractivity contribution in [2.75, 3.05) is 49.2 Å². The lowest BCUT2D eigenvalue weighted by molar-refractivity contribution is -0.136. The molecule has 2 aromatic carbocycles. The summed E-state index contributed by atoms with van der Waals surface area (Å²) in [6.45, 7) is -0.403. The molecule has 4 heterocycles. The van der Waals surface area contributed by atoms with Gasteiger partial charge in [-0.25, -0.2) is 22.1 Å². The Bertz CT molecular complexity index is 2280. The molecule has 6 amide bonds. The Balaban J connectivity index is 0.892. The fraction of sp³-hybridized carbons (Fsp3) is 0.389. The molecule has 6 rings (SSSR count). The van der Waals surface area contributed by atoms with Gasteiger partial charge in [0.2, 0.25) is 33.7 Å². The van der Waals surface area contributed by atoms with E-state index in [1.807, 2.05) is 0 Å². The number of aliphatic hydroxyl groups is 1. The minimum Gasteiger partial charge on any atom is -0.483 e. The number of benzene rings is 2. The number of hydrogen-bond donors (Lipinski definition) is 7. The smallest absolute Gasteiger partial charge is 0.266 e. The SMILES string of the molecule is NC(O)c1c(F)cccc1Nc1nc(NC2CCN(S(=O)(=O)CCNC(=O)CCNC(=O)COc3cccc4c3C(=O)N(C3CCC(=O)NC3=O)C4=O)CC2)ncc1Br. The number of imide groups is 2. The third-order valence-corrected chi connectivity index (χ3v) is 12.1. The van der Waals surface area contributed by atoms with Crippen LogP contribution in [0.1, 0.15) is 64.6 Å². The van der Waals surface area contributed by atoms with E-state index in [-0.39, 0.29) is 97.1 Å². The first-order valence-corrected chi connectivity index (χ1v) is 20.8. The van der Waals surface area contributed by atoms with Gasteiger partial charge in [-0.2, -0.15) is 4.98 Å². The largest absolute Gasteiger partial charge is 0.483 e. The van der Waals surface area contributed by atoms with Gasteiger partial charge in [-0.1, -0.05) is 12.1 Å². The van der Waals surface area contributed by atoms with Crippen LogP contribution in [0.3, 0.4) is 0 Å². The molecular formula is C36H40BrFN10O10S. The normalized spacial score (nSPS) is 17.9. The summed E-state index contributed by atoms with van der Waals surface area (Å²) >= 11 is 3.35. The molecule has 3 aliphatic rings. The van der Waals surface area contributed by atoms with Crippen LogP contribution in [0.4, 0.5) is 21.8 Å². The highest BCUT2D eigenvalue weighted by Crippen LogP contribution is 2.34. The standard InChI is InChI=1S/C36H40BrFN10O10S/c37-21-17-42-36(46-32(21)44-23-5-2-4-22(38)30(23)31(39)52)43-19-10-14-47(15-11-19)59(56,57)16-13-41-26(49)9-12-40-28(51)18-58-25-6-1-3-20-29(25)35(55)48(34(20)54)24-7-8-27(50)45-33(24)53/h1-6,17,19,24,31,52H,7-16,18,39H2,(H,40,51)(H,41,49)(H,45,50,53)(H2,42,43,44,46). The molecule has 3 aliphatic heterocycles. The van der Waals surface area contributed by atoms with Crippen LogP contribution in [0.15, 0.2) is 47.1 Å². The third-order valence-electron chi connectivity index (χ3n) is 9.67. The highest BCUT2D eigenvalue weighted by molar-refractivity contribution is 9.10. The lowest BCUT2D eigenvalue weighted by Gasteiger charge is -2.31. The van der Waals surface area contributed by atoms with Gasteiger partial charge in [0.1, 0.15) is 29.7 Å². The number of aromatic nitrogens is 2. The molecule has 314 valence electrons. The molecule has 2 unspecified atom stereocenters. The number of halogens is 2. The molecule has 0 aliphatic carbocycles. The number of piperidine rings is 2. The Kier molecular flexibility index (Phi) is 13.5. The van der Waals surface area contributed by atoms with Crippen LogP contribution in [0.2, 0.25) is 0 Å². The van der Waals surface area contributed by atoms with Crippen LogP contribution in [0.5, 0.6) is 5.75 Å². The third kappa shape index (κ3) is 10.2. The topological polar surface area (TPSA) is 284 Å². The molecule has 3 aromatic rings. The van der Waals surface area contributed by atoms with E-state index in [9.17, 15) is 46.7 Å². The maximum absolute atomic E-state index is 14.3. The van der Waals surface area contributed by atoms with E-state index in [0.717, 1.165) is 4.90 Å². The van der Waals surface area contributed by atoms with E-state index in [1.165, 1.54) is 46.9 Å². The molecular weight excluding hydrogens is 863 g/mol. The van der Waals surface area contributed by atoms with E-state index in [1.54, 1.807) is 0 Å². The van der Waals surface area contributed by atoms with Crippen LogP contribution >= 0.6 is 15.9 Å². The van der Waals surface area contributed by atoms with Gasteiger partial charge in [0, 0.05) is 56.9 Å². The second kappa shape index (κ2) is 18.5. The van der Waals surface area contributed by atoms with Gasteiger partial charge in [-0.15, -0.1) is 0 Å². The Morgan fingerprint density at radius 3 is 2.49 bits per heavy atom. The number of aliphatic hydroxyl groups excluding tert-OH is 1. The number of nitrogens with zero attached hydrogens (tertiary/aromatic N) is 4. The summed E-state index contributed by atoms with van der Waals surface area (Å²) in [5.41, 5.74) is 5.50. The van der Waals surface area contributed by atoms with Crippen molar-refractivity contribution in [2.45, 2.75) is 50.4 Å². The first-order chi connectivity index (χ1) is 28.1. The molecule has 2 saturated heterocycles. The van der Waals surface area contributed by atoms with Crippen molar-refractivity contribution in [1.29, 1.82) is 0 Å². The van der Waals surface area contributed by atoms with Crippen molar-refractivity contribution in [3.8, 4) is 5.75 Å². The van der Waals surface area contributed by atoms with Crippen molar-refractivity contribution in [3.63, 3.8) is 0 Å². The van der Waals surface area contributed by atoms with Gasteiger partial charge in [-0.3, -0.25) is 39.0 Å². The van der Waals surface area contributed by atoms with Crippen molar-refractivity contribution < 1.29 is 51.4 Å². The van der Waals surface area contributed by atoms with Gasteiger partial charge >= 0.3 is 0 Å². The Hall–Kier alpha value is -5.62. The Morgan fingerprint density at radius 1 is 1.03 bits per heavy atom. The average molecular weight is 904 g/mol. The van der Waals surface area contributed by atoms with Crippen LogP contribution in [0.25, 0.3) is 0 Å². The number of amides is 6. The fourth-order valence-electron chi connectivity index (χ4n) is 6.71. The predicted molar refractivity (Wildman–Crippen MR) is 210 cm³/mol. The van der Waals surface area contributed by atoms with Crippen LogP contribution < -0.4 is 37.1 Å². The second-order valence-corrected chi connectivity index (χ2v) is 16.6. The number of nitrogens with one attached hydrogen (secondary N) is 5. The maximum atomic E-state index is 14.3. The molecule has 23 heteroatoms. The number of nitrogens with two attached hydrogens (primary N) is 1.